The second-order valence-corrected chi connectivity index (χ2v) is 4.05. The molecule has 0 spiro atoms. The number of anilines is 1. The Morgan fingerprint density at radius 1 is 1.30 bits per heavy atom. The van der Waals surface area contributed by atoms with Crippen LogP contribution in [0.2, 0.25) is 0 Å². The van der Waals surface area contributed by atoms with Crippen LogP contribution in [0.5, 0.6) is 5.75 Å². The second kappa shape index (κ2) is 6.51. The monoisotopic (exact) mass is 273 g/mol. The van der Waals surface area contributed by atoms with Gasteiger partial charge in [0.05, 0.1) is 11.5 Å². The Morgan fingerprint density at radius 3 is 2.70 bits per heavy atom. The summed E-state index contributed by atoms with van der Waals surface area (Å²) < 4.78 is 5.44. The van der Waals surface area contributed by atoms with Crippen LogP contribution in [-0.4, -0.2) is 16.5 Å². The first-order valence-corrected chi connectivity index (χ1v) is 6.25. The molecule has 0 saturated carbocycles. The molecule has 1 aromatic carbocycles. The van der Waals surface area contributed by atoms with Crippen LogP contribution in [0.1, 0.15) is 12.5 Å². The van der Waals surface area contributed by atoms with Crippen molar-refractivity contribution in [3.05, 3.63) is 58.4 Å². The Hall–Kier alpha value is -2.63. The summed E-state index contributed by atoms with van der Waals surface area (Å²) in [6.45, 7) is 2.75. The third kappa shape index (κ3) is 3.23. The Balaban J connectivity index is 2.26. The maximum atomic E-state index is 11.1. The van der Waals surface area contributed by atoms with Crippen molar-refractivity contribution in [2.45, 2.75) is 13.5 Å². The molecule has 0 saturated heterocycles. The van der Waals surface area contributed by atoms with Gasteiger partial charge in [-0.15, -0.1) is 0 Å². The Labute approximate surface area is 116 Å². The lowest BCUT2D eigenvalue weighted by Gasteiger charge is -2.12. The van der Waals surface area contributed by atoms with Crippen molar-refractivity contribution in [2.24, 2.45) is 0 Å². The molecule has 0 unspecified atom stereocenters. The van der Waals surface area contributed by atoms with Crippen LogP contribution >= 0.6 is 0 Å². The van der Waals surface area contributed by atoms with Gasteiger partial charge in [0.25, 0.3) is 5.69 Å². The number of hydrogen-bond donors (Lipinski definition) is 1. The number of para-hydroxylation sites is 1. The average Bonchev–Trinajstić information content (AvgIpc) is 2.47. The van der Waals surface area contributed by atoms with E-state index in [1.807, 2.05) is 19.1 Å². The van der Waals surface area contributed by atoms with Gasteiger partial charge in [0.1, 0.15) is 5.75 Å². The molecule has 0 aliphatic rings. The zero-order valence-corrected chi connectivity index (χ0v) is 11.1. The number of aromatic nitrogens is 1. The van der Waals surface area contributed by atoms with Crippen molar-refractivity contribution in [3.8, 4) is 5.75 Å². The first-order valence-electron chi connectivity index (χ1n) is 6.25. The van der Waals surface area contributed by atoms with Gasteiger partial charge in [0, 0.05) is 25.0 Å². The van der Waals surface area contributed by atoms with Crippen LogP contribution in [0, 0.1) is 10.1 Å². The number of nitro benzene ring substituents is 1. The SMILES string of the molecule is CCOc1cccc([N+](=O)[O-])c1NCc1ccncc1. The zero-order chi connectivity index (χ0) is 14.4. The number of pyridine rings is 1. The molecule has 6 heteroatoms. The lowest BCUT2D eigenvalue weighted by Crippen LogP contribution is -2.05. The van der Waals surface area contributed by atoms with E-state index in [2.05, 4.69) is 10.3 Å². The van der Waals surface area contributed by atoms with E-state index in [4.69, 9.17) is 4.74 Å². The first-order chi connectivity index (χ1) is 9.72. The molecule has 0 atom stereocenters. The van der Waals surface area contributed by atoms with Crippen LogP contribution in [0.3, 0.4) is 0 Å². The van der Waals surface area contributed by atoms with Gasteiger partial charge < -0.3 is 10.1 Å². The third-order valence-electron chi connectivity index (χ3n) is 2.72. The molecule has 1 N–H and O–H groups in total. The first kappa shape index (κ1) is 13.8. The van der Waals surface area contributed by atoms with E-state index in [1.54, 1.807) is 24.5 Å². The molecule has 0 fully saturated rings. The van der Waals surface area contributed by atoms with E-state index in [9.17, 15) is 10.1 Å². The summed E-state index contributed by atoms with van der Waals surface area (Å²) in [4.78, 5) is 14.6. The Kier molecular flexibility index (Phi) is 4.49. The van der Waals surface area contributed by atoms with Crippen molar-refractivity contribution in [1.82, 2.24) is 4.98 Å². The summed E-state index contributed by atoms with van der Waals surface area (Å²) in [5.74, 6) is 0.482. The second-order valence-electron chi connectivity index (χ2n) is 4.05. The Bertz CT molecular complexity index is 587. The molecule has 20 heavy (non-hydrogen) atoms. The van der Waals surface area contributed by atoms with Crippen LogP contribution < -0.4 is 10.1 Å². The summed E-state index contributed by atoms with van der Waals surface area (Å²) in [6, 6.07) is 8.48. The minimum atomic E-state index is -0.419. The van der Waals surface area contributed by atoms with E-state index in [1.165, 1.54) is 6.07 Å². The van der Waals surface area contributed by atoms with Crippen molar-refractivity contribution >= 4 is 11.4 Å². The van der Waals surface area contributed by atoms with Crippen molar-refractivity contribution in [3.63, 3.8) is 0 Å². The molecule has 0 aliphatic carbocycles. The van der Waals surface area contributed by atoms with E-state index in [0.29, 0.717) is 24.6 Å². The molecule has 2 rings (SSSR count). The van der Waals surface area contributed by atoms with Gasteiger partial charge in [-0.1, -0.05) is 6.07 Å². The molecule has 1 heterocycles. The van der Waals surface area contributed by atoms with Crippen molar-refractivity contribution < 1.29 is 9.66 Å². The van der Waals surface area contributed by atoms with Crippen LogP contribution in [-0.2, 0) is 6.54 Å². The van der Waals surface area contributed by atoms with Gasteiger partial charge in [-0.25, -0.2) is 0 Å². The lowest BCUT2D eigenvalue weighted by molar-refractivity contribution is -0.384. The summed E-state index contributed by atoms with van der Waals surface area (Å²) in [5.41, 5.74) is 1.39. The van der Waals surface area contributed by atoms with Crippen LogP contribution in [0.15, 0.2) is 42.7 Å². The fraction of sp³-hybridized carbons (Fsp3) is 0.214. The van der Waals surface area contributed by atoms with Crippen LogP contribution in [0.4, 0.5) is 11.4 Å². The normalized spacial score (nSPS) is 10.1. The standard InChI is InChI=1S/C14H15N3O3/c1-2-20-13-5-3-4-12(17(18)19)14(13)16-10-11-6-8-15-9-7-11/h3-9,16H,2,10H2,1H3. The Morgan fingerprint density at radius 2 is 2.05 bits per heavy atom. The predicted molar refractivity (Wildman–Crippen MR) is 75.8 cm³/mol. The molecular weight excluding hydrogens is 258 g/mol. The van der Waals surface area contributed by atoms with Gasteiger partial charge in [-0.3, -0.25) is 15.1 Å². The van der Waals surface area contributed by atoms with Gasteiger partial charge in [0.15, 0.2) is 5.69 Å². The maximum absolute atomic E-state index is 11.1. The molecule has 6 nitrogen and oxygen atoms in total. The van der Waals surface area contributed by atoms with Crippen molar-refractivity contribution in [1.29, 1.82) is 0 Å². The van der Waals surface area contributed by atoms with Crippen molar-refractivity contribution in [2.75, 3.05) is 11.9 Å². The number of ether oxygens (including phenoxy) is 1. The molecule has 0 bridgehead atoms. The van der Waals surface area contributed by atoms with E-state index in [-0.39, 0.29) is 5.69 Å². The minimum absolute atomic E-state index is 0.00464. The van der Waals surface area contributed by atoms with Gasteiger partial charge in [0.2, 0.25) is 0 Å². The lowest BCUT2D eigenvalue weighted by atomic mass is 10.2. The fourth-order valence-corrected chi connectivity index (χ4v) is 1.82. The zero-order valence-electron chi connectivity index (χ0n) is 11.1. The molecule has 1 aromatic heterocycles. The largest absolute Gasteiger partial charge is 0.491 e. The van der Waals surface area contributed by atoms with Gasteiger partial charge >= 0.3 is 0 Å². The number of nitro groups is 1. The number of hydrogen-bond acceptors (Lipinski definition) is 5. The molecule has 2 aromatic rings. The van der Waals surface area contributed by atoms with Crippen LogP contribution in [0.25, 0.3) is 0 Å². The highest BCUT2D eigenvalue weighted by molar-refractivity contribution is 5.70. The smallest absolute Gasteiger partial charge is 0.296 e. The highest BCUT2D eigenvalue weighted by Gasteiger charge is 2.18. The number of nitrogens with one attached hydrogen (secondary N) is 1. The summed E-state index contributed by atoms with van der Waals surface area (Å²) in [6.07, 6.45) is 3.36. The molecule has 0 radical (unpaired) electrons. The van der Waals surface area contributed by atoms with E-state index >= 15 is 0 Å². The quantitative estimate of drug-likeness (QED) is 0.646. The minimum Gasteiger partial charge on any atom is -0.491 e. The number of rotatable bonds is 6. The average molecular weight is 273 g/mol. The molecule has 0 aliphatic heterocycles. The molecule has 104 valence electrons. The van der Waals surface area contributed by atoms with E-state index in [0.717, 1.165) is 5.56 Å². The third-order valence-corrected chi connectivity index (χ3v) is 2.72. The van der Waals surface area contributed by atoms with Gasteiger partial charge in [-0.2, -0.15) is 0 Å². The molecular formula is C14H15N3O3. The number of benzene rings is 1. The highest BCUT2D eigenvalue weighted by atomic mass is 16.6. The summed E-state index contributed by atoms with van der Waals surface area (Å²) >= 11 is 0. The van der Waals surface area contributed by atoms with Gasteiger partial charge in [-0.05, 0) is 30.7 Å². The fourth-order valence-electron chi connectivity index (χ4n) is 1.82. The molecule has 0 amide bonds. The van der Waals surface area contributed by atoms with E-state index < -0.39 is 4.92 Å². The topological polar surface area (TPSA) is 77.3 Å². The predicted octanol–water partition coefficient (Wildman–Crippen LogP) is 3.00. The summed E-state index contributed by atoms with van der Waals surface area (Å²) in [7, 11) is 0. The summed E-state index contributed by atoms with van der Waals surface area (Å²) in [5, 5.41) is 14.2. The maximum Gasteiger partial charge on any atom is 0.296 e. The number of nitrogens with zero attached hydrogens (tertiary/aromatic N) is 2. The highest BCUT2D eigenvalue weighted by Crippen LogP contribution is 2.34.